The molecule has 0 bridgehead atoms. The molecule has 2 aromatic rings. The van der Waals surface area contributed by atoms with Gasteiger partial charge in [-0.3, -0.25) is 4.84 Å². The topological polar surface area (TPSA) is 74.2 Å². The normalized spacial score (nSPS) is 10.6. The van der Waals surface area contributed by atoms with Crippen LogP contribution in [0.2, 0.25) is 5.02 Å². The molecule has 16 heavy (non-hydrogen) atoms. The summed E-state index contributed by atoms with van der Waals surface area (Å²) in [5.74, 6) is 5.84. The van der Waals surface area contributed by atoms with Crippen molar-refractivity contribution in [3.05, 3.63) is 46.6 Å². The molecule has 2 rings (SSSR count). The number of nitrogens with zero attached hydrogens (tertiary/aromatic N) is 2. The quantitative estimate of drug-likeness (QED) is 0.822. The van der Waals surface area contributed by atoms with Crippen LogP contribution in [0.1, 0.15) is 17.3 Å². The highest BCUT2D eigenvalue weighted by molar-refractivity contribution is 6.30. The molecule has 0 aliphatic heterocycles. The van der Waals surface area contributed by atoms with E-state index in [-0.39, 0.29) is 6.61 Å². The number of rotatable bonds is 4. The van der Waals surface area contributed by atoms with Crippen LogP contribution in [0.4, 0.5) is 0 Å². The fourth-order valence-electron chi connectivity index (χ4n) is 1.32. The molecule has 6 heteroatoms. The number of aromatic nitrogens is 2. The third-order valence-corrected chi connectivity index (χ3v) is 2.20. The van der Waals surface area contributed by atoms with Gasteiger partial charge in [-0.15, -0.1) is 0 Å². The standard InChI is InChI=1S/C10H10ClN3O2/c11-8-3-1-2-7(4-8)5-9-13-10(6-15-12)16-14-9/h1-4H,5-6,12H2. The molecule has 0 saturated heterocycles. The zero-order valence-corrected chi connectivity index (χ0v) is 9.15. The average Bonchev–Trinajstić information content (AvgIpc) is 2.66. The third kappa shape index (κ3) is 2.79. The van der Waals surface area contributed by atoms with E-state index in [1.165, 1.54) is 0 Å². The zero-order chi connectivity index (χ0) is 11.4. The van der Waals surface area contributed by atoms with Crippen molar-refractivity contribution in [2.75, 3.05) is 0 Å². The number of nitrogens with two attached hydrogens (primary N) is 1. The van der Waals surface area contributed by atoms with Crippen LogP contribution in [-0.2, 0) is 17.9 Å². The maximum atomic E-state index is 5.87. The number of benzene rings is 1. The van der Waals surface area contributed by atoms with Gasteiger partial charge >= 0.3 is 0 Å². The van der Waals surface area contributed by atoms with E-state index in [0.717, 1.165) is 5.56 Å². The van der Waals surface area contributed by atoms with E-state index in [1.807, 2.05) is 24.3 Å². The summed E-state index contributed by atoms with van der Waals surface area (Å²) in [6.45, 7) is 0.114. The fraction of sp³-hybridized carbons (Fsp3) is 0.200. The molecule has 1 aromatic carbocycles. The van der Waals surface area contributed by atoms with Gasteiger partial charge in [0.15, 0.2) is 5.82 Å². The molecule has 0 fully saturated rings. The predicted octanol–water partition coefficient (Wildman–Crippen LogP) is 1.70. The molecule has 2 N–H and O–H groups in total. The second kappa shape index (κ2) is 5.07. The highest BCUT2D eigenvalue weighted by Gasteiger charge is 2.06. The molecule has 0 saturated carbocycles. The molecule has 0 aliphatic carbocycles. The van der Waals surface area contributed by atoms with Gasteiger partial charge in [-0.05, 0) is 17.7 Å². The Hall–Kier alpha value is -1.43. The molecule has 84 valence electrons. The molecule has 0 radical (unpaired) electrons. The van der Waals surface area contributed by atoms with Crippen LogP contribution in [0, 0.1) is 0 Å². The summed E-state index contributed by atoms with van der Waals surface area (Å²) in [4.78, 5) is 8.49. The predicted molar refractivity (Wildman–Crippen MR) is 57.5 cm³/mol. The molecule has 0 aliphatic rings. The first-order valence-corrected chi connectivity index (χ1v) is 5.03. The van der Waals surface area contributed by atoms with E-state index < -0.39 is 0 Å². The second-order valence-electron chi connectivity index (χ2n) is 3.22. The summed E-state index contributed by atoms with van der Waals surface area (Å²) in [6, 6.07) is 7.50. The van der Waals surface area contributed by atoms with Crippen molar-refractivity contribution in [2.24, 2.45) is 5.90 Å². The Morgan fingerprint density at radius 1 is 1.44 bits per heavy atom. The summed E-state index contributed by atoms with van der Waals surface area (Å²) in [5, 5.41) is 4.48. The Kier molecular flexibility index (Phi) is 3.51. The first kappa shape index (κ1) is 11.1. The van der Waals surface area contributed by atoms with E-state index in [0.29, 0.717) is 23.2 Å². The van der Waals surface area contributed by atoms with Gasteiger partial charge in [0.2, 0.25) is 0 Å². The van der Waals surface area contributed by atoms with Crippen LogP contribution in [-0.4, -0.2) is 10.1 Å². The molecule has 0 spiro atoms. The Balaban J connectivity index is 2.08. The van der Waals surface area contributed by atoms with E-state index >= 15 is 0 Å². The minimum absolute atomic E-state index is 0.114. The Bertz CT molecular complexity index is 473. The minimum atomic E-state index is 0.114. The summed E-state index contributed by atoms with van der Waals surface area (Å²) in [5.41, 5.74) is 1.02. The van der Waals surface area contributed by atoms with Crippen molar-refractivity contribution < 1.29 is 9.36 Å². The van der Waals surface area contributed by atoms with Gasteiger partial charge in [-0.1, -0.05) is 28.9 Å². The smallest absolute Gasteiger partial charge is 0.254 e. The van der Waals surface area contributed by atoms with Crippen molar-refractivity contribution in [3.63, 3.8) is 0 Å². The molecule has 5 nitrogen and oxygen atoms in total. The molecular formula is C10H10ClN3O2. The minimum Gasteiger partial charge on any atom is -0.337 e. The van der Waals surface area contributed by atoms with Crippen LogP contribution in [0.3, 0.4) is 0 Å². The number of hydrogen-bond donors (Lipinski definition) is 1. The molecule has 1 heterocycles. The van der Waals surface area contributed by atoms with Crippen molar-refractivity contribution >= 4 is 11.6 Å². The lowest BCUT2D eigenvalue weighted by Gasteiger charge is -1.96. The molecule has 1 aromatic heterocycles. The summed E-state index contributed by atoms with van der Waals surface area (Å²) in [7, 11) is 0. The summed E-state index contributed by atoms with van der Waals surface area (Å²) >= 11 is 5.87. The zero-order valence-electron chi connectivity index (χ0n) is 8.39. The highest BCUT2D eigenvalue weighted by atomic mass is 35.5. The van der Waals surface area contributed by atoms with Gasteiger partial charge in [-0.25, -0.2) is 5.90 Å². The lowest BCUT2D eigenvalue weighted by Crippen LogP contribution is -1.99. The van der Waals surface area contributed by atoms with Gasteiger partial charge in [0.25, 0.3) is 5.89 Å². The van der Waals surface area contributed by atoms with Gasteiger partial charge in [0, 0.05) is 11.4 Å². The first-order chi connectivity index (χ1) is 7.78. The average molecular weight is 240 g/mol. The van der Waals surface area contributed by atoms with E-state index in [9.17, 15) is 0 Å². The first-order valence-electron chi connectivity index (χ1n) is 4.65. The number of halogens is 1. The number of hydrogen-bond acceptors (Lipinski definition) is 5. The van der Waals surface area contributed by atoms with Crippen LogP contribution >= 0.6 is 11.6 Å². The Morgan fingerprint density at radius 3 is 3.06 bits per heavy atom. The fourth-order valence-corrected chi connectivity index (χ4v) is 1.53. The monoisotopic (exact) mass is 239 g/mol. The maximum Gasteiger partial charge on any atom is 0.254 e. The van der Waals surface area contributed by atoms with Crippen LogP contribution < -0.4 is 5.90 Å². The molecule has 0 unspecified atom stereocenters. The van der Waals surface area contributed by atoms with Gasteiger partial charge < -0.3 is 4.52 Å². The summed E-state index contributed by atoms with van der Waals surface area (Å²) < 4.78 is 4.91. The third-order valence-electron chi connectivity index (χ3n) is 1.97. The maximum absolute atomic E-state index is 5.87. The lowest BCUT2D eigenvalue weighted by molar-refractivity contribution is 0.0995. The van der Waals surface area contributed by atoms with Gasteiger partial charge in [0.1, 0.15) is 6.61 Å². The van der Waals surface area contributed by atoms with E-state index in [2.05, 4.69) is 15.0 Å². The Morgan fingerprint density at radius 2 is 2.31 bits per heavy atom. The summed E-state index contributed by atoms with van der Waals surface area (Å²) in [6.07, 6.45) is 0.564. The largest absolute Gasteiger partial charge is 0.337 e. The van der Waals surface area contributed by atoms with Gasteiger partial charge in [-0.2, -0.15) is 4.98 Å². The van der Waals surface area contributed by atoms with E-state index in [4.69, 9.17) is 22.0 Å². The van der Waals surface area contributed by atoms with Crippen LogP contribution in [0.5, 0.6) is 0 Å². The van der Waals surface area contributed by atoms with Gasteiger partial charge in [0.05, 0.1) is 0 Å². The molecule has 0 amide bonds. The molecule has 0 atom stereocenters. The van der Waals surface area contributed by atoms with Crippen molar-refractivity contribution in [1.29, 1.82) is 0 Å². The van der Waals surface area contributed by atoms with Crippen molar-refractivity contribution in [2.45, 2.75) is 13.0 Å². The van der Waals surface area contributed by atoms with Crippen molar-refractivity contribution in [1.82, 2.24) is 10.1 Å². The van der Waals surface area contributed by atoms with E-state index in [1.54, 1.807) is 0 Å². The van der Waals surface area contributed by atoms with Crippen LogP contribution in [0.25, 0.3) is 0 Å². The Labute approximate surface area is 97.1 Å². The SMILES string of the molecule is NOCc1nc(Cc2cccc(Cl)c2)no1. The molecular weight excluding hydrogens is 230 g/mol. The van der Waals surface area contributed by atoms with Crippen LogP contribution in [0.15, 0.2) is 28.8 Å². The van der Waals surface area contributed by atoms with Crippen molar-refractivity contribution in [3.8, 4) is 0 Å². The highest BCUT2D eigenvalue weighted by Crippen LogP contribution is 2.13. The second-order valence-corrected chi connectivity index (χ2v) is 3.66. The lowest BCUT2D eigenvalue weighted by atomic mass is 10.1.